The minimum atomic E-state index is -0.477. The molecule has 1 amide bonds. The average Bonchev–Trinajstić information content (AvgIpc) is 2.29. The Balaban J connectivity index is 2.76. The van der Waals surface area contributed by atoms with E-state index in [1.807, 2.05) is 13.8 Å². The molecule has 1 aromatic carbocycles. The molecule has 1 N–H and O–H groups in total. The minimum absolute atomic E-state index is 0.0161. The monoisotopic (exact) mass is 252 g/mol. The van der Waals surface area contributed by atoms with Crippen LogP contribution in [0.5, 0.6) is 0 Å². The molecule has 1 aromatic rings. The Morgan fingerprint density at radius 2 is 2.17 bits per heavy atom. The van der Waals surface area contributed by atoms with Gasteiger partial charge in [-0.3, -0.25) is 14.9 Å². The Hall–Kier alpha value is -1.95. The molecule has 0 atom stereocenters. The number of rotatable bonds is 5. The molecule has 0 aliphatic heterocycles. The molecule has 0 aliphatic rings. The van der Waals surface area contributed by atoms with Gasteiger partial charge in [0.05, 0.1) is 22.3 Å². The van der Waals surface area contributed by atoms with Crippen molar-refractivity contribution in [3.05, 3.63) is 33.9 Å². The highest BCUT2D eigenvalue weighted by molar-refractivity contribution is 5.93. The molecule has 98 valence electrons. The molecule has 0 saturated heterocycles. The fourth-order valence-corrected chi connectivity index (χ4v) is 1.39. The second-order valence-electron chi connectivity index (χ2n) is 4.11. The molecule has 0 heterocycles. The zero-order valence-corrected chi connectivity index (χ0v) is 10.6. The van der Waals surface area contributed by atoms with E-state index in [0.29, 0.717) is 11.3 Å². The van der Waals surface area contributed by atoms with E-state index in [1.54, 1.807) is 13.0 Å². The van der Waals surface area contributed by atoms with Crippen LogP contribution in [0.4, 0.5) is 11.4 Å². The number of carbonyl (C=O) groups is 1. The maximum Gasteiger partial charge on any atom is 0.274 e. The quantitative estimate of drug-likeness (QED) is 0.643. The van der Waals surface area contributed by atoms with E-state index in [0.717, 1.165) is 0 Å². The van der Waals surface area contributed by atoms with E-state index in [1.165, 1.54) is 12.1 Å². The normalized spacial score (nSPS) is 10.4. The summed E-state index contributed by atoms with van der Waals surface area (Å²) in [5.41, 5.74) is 0.847. The molecule has 18 heavy (non-hydrogen) atoms. The van der Waals surface area contributed by atoms with Crippen LogP contribution in [0, 0.1) is 17.0 Å². The predicted octanol–water partition coefficient (Wildman–Crippen LogP) is 2.27. The van der Waals surface area contributed by atoms with Gasteiger partial charge in [0.2, 0.25) is 5.91 Å². The van der Waals surface area contributed by atoms with Crippen LogP contribution in [0.3, 0.4) is 0 Å². The molecule has 0 saturated carbocycles. The van der Waals surface area contributed by atoms with E-state index in [-0.39, 0.29) is 24.3 Å². The molecule has 6 nitrogen and oxygen atoms in total. The van der Waals surface area contributed by atoms with Crippen LogP contribution in [-0.2, 0) is 9.53 Å². The highest BCUT2D eigenvalue weighted by Crippen LogP contribution is 2.24. The van der Waals surface area contributed by atoms with Gasteiger partial charge in [-0.2, -0.15) is 0 Å². The first kappa shape index (κ1) is 14.1. The Bertz CT molecular complexity index is 457. The minimum Gasteiger partial charge on any atom is -0.369 e. The summed E-state index contributed by atoms with van der Waals surface area (Å²) in [5, 5.41) is 13.3. The first-order valence-electron chi connectivity index (χ1n) is 5.57. The van der Waals surface area contributed by atoms with Crippen LogP contribution in [0.25, 0.3) is 0 Å². The van der Waals surface area contributed by atoms with Crippen molar-refractivity contribution in [3.8, 4) is 0 Å². The van der Waals surface area contributed by atoms with Gasteiger partial charge in [-0.05, 0) is 26.8 Å². The largest absolute Gasteiger partial charge is 0.369 e. The van der Waals surface area contributed by atoms with Crippen LogP contribution in [0.2, 0.25) is 0 Å². The molecule has 0 aliphatic carbocycles. The Kier molecular flexibility index (Phi) is 4.79. The summed E-state index contributed by atoms with van der Waals surface area (Å²) in [7, 11) is 0. The van der Waals surface area contributed by atoms with E-state index in [2.05, 4.69) is 5.32 Å². The molecule has 1 rings (SSSR count). The lowest BCUT2D eigenvalue weighted by Gasteiger charge is -2.10. The highest BCUT2D eigenvalue weighted by atomic mass is 16.6. The lowest BCUT2D eigenvalue weighted by atomic mass is 10.1. The Morgan fingerprint density at radius 1 is 1.50 bits per heavy atom. The van der Waals surface area contributed by atoms with Crippen LogP contribution in [0.15, 0.2) is 18.2 Å². The van der Waals surface area contributed by atoms with Crippen molar-refractivity contribution < 1.29 is 14.5 Å². The van der Waals surface area contributed by atoms with Gasteiger partial charge in [0.1, 0.15) is 6.61 Å². The second kappa shape index (κ2) is 6.11. The third-order valence-electron chi connectivity index (χ3n) is 2.32. The SMILES string of the molecule is Cc1c(NC(=O)COC(C)C)cccc1[N+](=O)[O-]. The van der Waals surface area contributed by atoms with Crippen LogP contribution in [0.1, 0.15) is 19.4 Å². The van der Waals surface area contributed by atoms with E-state index >= 15 is 0 Å². The summed E-state index contributed by atoms with van der Waals surface area (Å²) in [5.74, 6) is -0.327. The molecular weight excluding hydrogens is 236 g/mol. The number of nitrogens with zero attached hydrogens (tertiary/aromatic N) is 1. The maximum atomic E-state index is 11.5. The number of ether oxygens (including phenoxy) is 1. The molecular formula is C12H16N2O4. The third kappa shape index (κ3) is 3.81. The van der Waals surface area contributed by atoms with Gasteiger partial charge in [0.25, 0.3) is 5.69 Å². The zero-order valence-electron chi connectivity index (χ0n) is 10.6. The molecule has 6 heteroatoms. The van der Waals surface area contributed by atoms with E-state index in [9.17, 15) is 14.9 Å². The molecule has 0 radical (unpaired) electrons. The van der Waals surface area contributed by atoms with Crippen molar-refractivity contribution in [3.63, 3.8) is 0 Å². The number of amides is 1. The summed E-state index contributed by atoms with van der Waals surface area (Å²) in [6, 6.07) is 4.55. The molecule has 0 spiro atoms. The van der Waals surface area contributed by atoms with E-state index < -0.39 is 4.92 Å². The van der Waals surface area contributed by atoms with Crippen molar-refractivity contribution in [1.29, 1.82) is 0 Å². The number of nitro benzene ring substituents is 1. The average molecular weight is 252 g/mol. The van der Waals surface area contributed by atoms with Crippen molar-refractivity contribution in [2.75, 3.05) is 11.9 Å². The maximum absolute atomic E-state index is 11.5. The van der Waals surface area contributed by atoms with Crippen molar-refractivity contribution >= 4 is 17.3 Å². The summed E-state index contributed by atoms with van der Waals surface area (Å²) in [4.78, 5) is 21.8. The van der Waals surface area contributed by atoms with Gasteiger partial charge < -0.3 is 10.1 Å². The number of carbonyl (C=O) groups excluding carboxylic acids is 1. The Labute approximate surface area is 105 Å². The van der Waals surface area contributed by atoms with Crippen molar-refractivity contribution in [1.82, 2.24) is 0 Å². The number of anilines is 1. The van der Waals surface area contributed by atoms with Gasteiger partial charge in [0, 0.05) is 6.07 Å². The number of nitrogens with one attached hydrogen (secondary N) is 1. The fraction of sp³-hybridized carbons (Fsp3) is 0.417. The topological polar surface area (TPSA) is 81.5 Å². The van der Waals surface area contributed by atoms with Crippen LogP contribution >= 0.6 is 0 Å². The summed E-state index contributed by atoms with van der Waals surface area (Å²) >= 11 is 0. The van der Waals surface area contributed by atoms with Gasteiger partial charge in [-0.1, -0.05) is 6.07 Å². The van der Waals surface area contributed by atoms with Crippen LogP contribution < -0.4 is 5.32 Å². The number of hydrogen-bond donors (Lipinski definition) is 1. The number of nitro groups is 1. The smallest absolute Gasteiger partial charge is 0.274 e. The standard InChI is InChI=1S/C12H16N2O4/c1-8(2)18-7-12(15)13-10-5-4-6-11(9(10)3)14(16)17/h4-6,8H,7H2,1-3H3,(H,13,15). The van der Waals surface area contributed by atoms with Gasteiger partial charge >= 0.3 is 0 Å². The predicted molar refractivity (Wildman–Crippen MR) is 67.6 cm³/mol. The molecule has 0 bridgehead atoms. The summed E-state index contributed by atoms with van der Waals surface area (Å²) in [6.45, 7) is 5.18. The number of benzene rings is 1. The molecule has 0 unspecified atom stereocenters. The zero-order chi connectivity index (χ0) is 13.7. The van der Waals surface area contributed by atoms with Gasteiger partial charge in [-0.15, -0.1) is 0 Å². The van der Waals surface area contributed by atoms with Gasteiger partial charge in [0.15, 0.2) is 0 Å². The lowest BCUT2D eigenvalue weighted by molar-refractivity contribution is -0.385. The third-order valence-corrected chi connectivity index (χ3v) is 2.32. The summed E-state index contributed by atoms with van der Waals surface area (Å²) in [6.07, 6.45) is -0.0399. The van der Waals surface area contributed by atoms with E-state index in [4.69, 9.17) is 4.74 Å². The highest BCUT2D eigenvalue weighted by Gasteiger charge is 2.14. The number of hydrogen-bond acceptors (Lipinski definition) is 4. The fourth-order valence-electron chi connectivity index (χ4n) is 1.39. The Morgan fingerprint density at radius 3 is 2.72 bits per heavy atom. The van der Waals surface area contributed by atoms with Crippen LogP contribution in [-0.4, -0.2) is 23.5 Å². The lowest BCUT2D eigenvalue weighted by Crippen LogP contribution is -2.21. The molecule has 0 aromatic heterocycles. The second-order valence-corrected chi connectivity index (χ2v) is 4.11. The van der Waals surface area contributed by atoms with Crippen molar-refractivity contribution in [2.45, 2.75) is 26.9 Å². The molecule has 0 fully saturated rings. The summed E-state index contributed by atoms with van der Waals surface area (Å²) < 4.78 is 5.15. The van der Waals surface area contributed by atoms with Crippen molar-refractivity contribution in [2.24, 2.45) is 0 Å². The first-order valence-corrected chi connectivity index (χ1v) is 5.57. The van der Waals surface area contributed by atoms with Gasteiger partial charge in [-0.25, -0.2) is 0 Å². The first-order chi connectivity index (χ1) is 8.41.